The molecule has 0 aromatic heterocycles. The van der Waals surface area contributed by atoms with Crippen LogP contribution >= 0.6 is 0 Å². The first-order valence-electron chi connectivity index (χ1n) is 6.83. The van der Waals surface area contributed by atoms with Gasteiger partial charge in [-0.2, -0.15) is 0 Å². The highest BCUT2D eigenvalue weighted by molar-refractivity contribution is 5.86. The van der Waals surface area contributed by atoms with Crippen LogP contribution in [0, 0.1) is 11.6 Å². The van der Waals surface area contributed by atoms with Crippen molar-refractivity contribution in [3.05, 3.63) is 70.8 Å². The number of rotatable bonds is 3. The predicted molar refractivity (Wildman–Crippen MR) is 75.7 cm³/mol. The number of nitrogens with zero attached hydrogens (tertiary/aromatic N) is 1. The highest BCUT2D eigenvalue weighted by Gasteiger charge is 2.33. The highest BCUT2D eigenvalue weighted by Crippen LogP contribution is 2.36. The number of benzene rings is 2. The molecule has 0 bridgehead atoms. The fourth-order valence-corrected chi connectivity index (χ4v) is 2.73. The molecule has 2 nitrogen and oxygen atoms in total. The summed E-state index contributed by atoms with van der Waals surface area (Å²) in [6.07, 6.45) is 0.727. The first-order chi connectivity index (χ1) is 10.1. The fraction of sp³-hybridized carbons (Fsp3) is 0.235. The molecule has 21 heavy (non-hydrogen) atoms. The van der Waals surface area contributed by atoms with E-state index in [4.69, 9.17) is 0 Å². The summed E-state index contributed by atoms with van der Waals surface area (Å²) in [6, 6.07) is 11.3. The summed E-state index contributed by atoms with van der Waals surface area (Å²) < 4.78 is 26.5. The van der Waals surface area contributed by atoms with Crippen molar-refractivity contribution in [2.24, 2.45) is 0 Å². The van der Waals surface area contributed by atoms with Crippen LogP contribution in [-0.4, -0.2) is 17.9 Å². The zero-order valence-electron chi connectivity index (χ0n) is 11.6. The lowest BCUT2D eigenvalue weighted by molar-refractivity contribution is -0.132. The van der Waals surface area contributed by atoms with Crippen molar-refractivity contribution in [3.63, 3.8) is 0 Å². The van der Waals surface area contributed by atoms with Gasteiger partial charge in [0.15, 0.2) is 0 Å². The van der Waals surface area contributed by atoms with E-state index in [0.29, 0.717) is 5.56 Å². The van der Waals surface area contributed by atoms with Crippen molar-refractivity contribution >= 4 is 5.91 Å². The molecule has 3 rings (SSSR count). The molecule has 1 aliphatic carbocycles. The number of hydrogen-bond donors (Lipinski definition) is 0. The molecule has 0 radical (unpaired) electrons. The molecule has 0 saturated carbocycles. The number of halogens is 2. The first kappa shape index (κ1) is 13.7. The third kappa shape index (κ3) is 2.53. The predicted octanol–water partition coefficient (Wildman–Crippen LogP) is 3.26. The van der Waals surface area contributed by atoms with Crippen LogP contribution in [0.25, 0.3) is 0 Å². The van der Waals surface area contributed by atoms with E-state index in [1.807, 2.05) is 24.3 Å². The summed E-state index contributed by atoms with van der Waals surface area (Å²) in [6.45, 7) is 0.142. The highest BCUT2D eigenvalue weighted by atomic mass is 19.1. The van der Waals surface area contributed by atoms with E-state index in [2.05, 4.69) is 0 Å². The van der Waals surface area contributed by atoms with Crippen LogP contribution in [0.3, 0.4) is 0 Å². The number of amides is 1. The molecule has 0 fully saturated rings. The van der Waals surface area contributed by atoms with Gasteiger partial charge in [0, 0.05) is 25.2 Å². The van der Waals surface area contributed by atoms with E-state index in [9.17, 15) is 13.6 Å². The SMILES string of the molecule is CN(Cc1ccc(F)cc1F)C(=O)[C@H]1Cc2ccccc21. The molecule has 0 saturated heterocycles. The number of hydrogen-bond acceptors (Lipinski definition) is 1. The molecule has 108 valence electrons. The Morgan fingerprint density at radius 1 is 1.24 bits per heavy atom. The summed E-state index contributed by atoms with van der Waals surface area (Å²) >= 11 is 0. The van der Waals surface area contributed by atoms with Gasteiger partial charge >= 0.3 is 0 Å². The van der Waals surface area contributed by atoms with Crippen LogP contribution in [0.4, 0.5) is 8.78 Å². The lowest BCUT2D eigenvalue weighted by atomic mass is 9.77. The van der Waals surface area contributed by atoms with Crippen molar-refractivity contribution in [2.75, 3.05) is 7.05 Å². The Labute approximate surface area is 122 Å². The van der Waals surface area contributed by atoms with Gasteiger partial charge in [0.25, 0.3) is 0 Å². The van der Waals surface area contributed by atoms with Crippen LogP contribution in [0.1, 0.15) is 22.6 Å². The quantitative estimate of drug-likeness (QED) is 0.848. The maximum Gasteiger partial charge on any atom is 0.230 e. The first-order valence-corrected chi connectivity index (χ1v) is 6.83. The average Bonchev–Trinajstić information content (AvgIpc) is 2.43. The van der Waals surface area contributed by atoms with E-state index >= 15 is 0 Å². The lowest BCUT2D eigenvalue weighted by Gasteiger charge is -2.32. The number of carbonyl (C=O) groups is 1. The van der Waals surface area contributed by atoms with Crippen molar-refractivity contribution in [3.8, 4) is 0 Å². The Morgan fingerprint density at radius 3 is 2.71 bits per heavy atom. The minimum atomic E-state index is -0.622. The van der Waals surface area contributed by atoms with Gasteiger partial charge in [0.2, 0.25) is 5.91 Å². The van der Waals surface area contributed by atoms with Crippen LogP contribution < -0.4 is 0 Å². The molecular weight excluding hydrogens is 272 g/mol. The van der Waals surface area contributed by atoms with Crippen molar-refractivity contribution in [1.82, 2.24) is 4.90 Å². The Balaban J connectivity index is 1.72. The second kappa shape index (κ2) is 5.28. The van der Waals surface area contributed by atoms with Gasteiger partial charge in [-0.05, 0) is 23.6 Å². The second-order valence-electron chi connectivity index (χ2n) is 5.39. The Kier molecular flexibility index (Phi) is 3.45. The summed E-state index contributed by atoms with van der Waals surface area (Å²) in [7, 11) is 1.64. The number of carbonyl (C=O) groups excluding carboxylic acids is 1. The number of likely N-dealkylation sites (N-methyl/N-ethyl adjacent to an activating group) is 1. The van der Waals surface area contributed by atoms with Crippen molar-refractivity contribution < 1.29 is 13.6 Å². The van der Waals surface area contributed by atoms with E-state index in [-0.39, 0.29) is 18.4 Å². The van der Waals surface area contributed by atoms with Crippen molar-refractivity contribution in [1.29, 1.82) is 0 Å². The van der Waals surface area contributed by atoms with Gasteiger partial charge in [-0.15, -0.1) is 0 Å². The van der Waals surface area contributed by atoms with Crippen LogP contribution in [-0.2, 0) is 17.8 Å². The summed E-state index contributed by atoms with van der Waals surface area (Å²) in [5, 5.41) is 0. The van der Waals surface area contributed by atoms with Gasteiger partial charge in [-0.3, -0.25) is 4.79 Å². The van der Waals surface area contributed by atoms with Gasteiger partial charge < -0.3 is 4.90 Å². The van der Waals surface area contributed by atoms with Gasteiger partial charge in [-0.1, -0.05) is 30.3 Å². The maximum atomic E-state index is 13.6. The zero-order chi connectivity index (χ0) is 15.0. The molecule has 2 aromatic carbocycles. The summed E-state index contributed by atoms with van der Waals surface area (Å²) in [4.78, 5) is 13.9. The fourth-order valence-electron chi connectivity index (χ4n) is 2.73. The standard InChI is InChI=1S/C17H15F2NO/c1-20(10-12-6-7-13(18)9-16(12)19)17(21)15-8-11-4-2-3-5-14(11)15/h2-7,9,15H,8,10H2,1H3/t15-/m0/s1. The topological polar surface area (TPSA) is 20.3 Å². The number of fused-ring (bicyclic) bond motifs is 1. The molecule has 0 heterocycles. The van der Waals surface area contributed by atoms with Gasteiger partial charge in [-0.25, -0.2) is 8.78 Å². The smallest absolute Gasteiger partial charge is 0.230 e. The molecule has 0 aliphatic heterocycles. The van der Waals surface area contributed by atoms with E-state index in [1.54, 1.807) is 7.05 Å². The maximum absolute atomic E-state index is 13.6. The molecule has 1 atom stereocenters. The third-order valence-electron chi connectivity index (χ3n) is 3.95. The molecule has 4 heteroatoms. The largest absolute Gasteiger partial charge is 0.341 e. The van der Waals surface area contributed by atoms with Gasteiger partial charge in [0.1, 0.15) is 11.6 Å². The van der Waals surface area contributed by atoms with Crippen LogP contribution in [0.2, 0.25) is 0 Å². The van der Waals surface area contributed by atoms with E-state index in [0.717, 1.165) is 18.1 Å². The second-order valence-corrected chi connectivity index (χ2v) is 5.39. The molecule has 1 amide bonds. The average molecular weight is 287 g/mol. The Morgan fingerprint density at radius 2 is 2.00 bits per heavy atom. The monoisotopic (exact) mass is 287 g/mol. The van der Waals surface area contributed by atoms with Gasteiger partial charge in [0.05, 0.1) is 5.92 Å². The molecule has 2 aromatic rings. The van der Waals surface area contributed by atoms with Crippen molar-refractivity contribution in [2.45, 2.75) is 18.9 Å². The normalized spacial score (nSPS) is 16.0. The Hall–Kier alpha value is -2.23. The minimum Gasteiger partial charge on any atom is -0.341 e. The van der Waals surface area contributed by atoms with E-state index < -0.39 is 11.6 Å². The zero-order valence-corrected chi connectivity index (χ0v) is 11.6. The van der Waals surface area contributed by atoms with Crippen LogP contribution in [0.5, 0.6) is 0 Å². The summed E-state index contributed by atoms with van der Waals surface area (Å²) in [5.74, 6) is -1.41. The third-order valence-corrected chi connectivity index (χ3v) is 3.95. The molecule has 1 aliphatic rings. The Bertz CT molecular complexity index is 699. The summed E-state index contributed by atoms with van der Waals surface area (Å²) in [5.41, 5.74) is 2.56. The molecular formula is C17H15F2NO. The minimum absolute atomic E-state index is 0.0302. The van der Waals surface area contributed by atoms with Crippen LogP contribution in [0.15, 0.2) is 42.5 Å². The molecule has 0 unspecified atom stereocenters. The van der Waals surface area contributed by atoms with E-state index in [1.165, 1.54) is 22.6 Å². The molecule has 0 N–H and O–H groups in total. The lowest BCUT2D eigenvalue weighted by Crippen LogP contribution is -2.36. The molecule has 0 spiro atoms.